The summed E-state index contributed by atoms with van der Waals surface area (Å²) < 4.78 is 28.3. The molecule has 1 N–H and O–H groups in total. The van der Waals surface area contributed by atoms with Gasteiger partial charge in [0.2, 0.25) is 5.78 Å². The highest BCUT2D eigenvalue weighted by Crippen LogP contribution is 2.41. The van der Waals surface area contributed by atoms with E-state index in [1.54, 1.807) is 18.2 Å². The number of aromatic amines is 1. The number of rotatable bonds is 3. The number of carbonyl (C=O) groups is 3. The molecule has 8 heteroatoms. The highest BCUT2D eigenvalue weighted by Gasteiger charge is 2.52. The molecular weight excluding hydrogens is 356 g/mol. The molecule has 27 heavy (non-hydrogen) atoms. The quantitative estimate of drug-likeness (QED) is 0.568. The fourth-order valence-corrected chi connectivity index (χ4v) is 3.50. The average Bonchev–Trinajstić information content (AvgIpc) is 3.20. The van der Waals surface area contributed by atoms with E-state index in [1.807, 2.05) is 0 Å². The summed E-state index contributed by atoms with van der Waals surface area (Å²) in [5, 5.41) is 0. The van der Waals surface area contributed by atoms with Crippen molar-refractivity contribution in [2.24, 2.45) is 5.92 Å². The molecule has 6 nitrogen and oxygen atoms in total. The summed E-state index contributed by atoms with van der Waals surface area (Å²) in [6.45, 7) is 1.15. The van der Waals surface area contributed by atoms with E-state index in [0.29, 0.717) is 11.0 Å². The molecule has 0 saturated carbocycles. The van der Waals surface area contributed by atoms with Crippen molar-refractivity contribution in [3.8, 4) is 0 Å². The Morgan fingerprint density at radius 2 is 1.96 bits per heavy atom. The molecule has 4 rings (SSSR count). The number of carbonyl (C=O) groups excluding carboxylic acids is 3. The standard InChI is InChI=1S/C19H13F2N3O3/c1-9(25)15-17(11-3-2-4-12(20)16(11)21)24(19(27)18(15)26)10-5-6-13-14(7-10)23-8-22-13/h2-8,15,17H,1H3,(H,22,23). The minimum atomic E-state index is -1.41. The summed E-state index contributed by atoms with van der Waals surface area (Å²) in [6, 6.07) is 6.95. The lowest BCUT2D eigenvalue weighted by Gasteiger charge is -2.27. The molecule has 3 aromatic rings. The van der Waals surface area contributed by atoms with Gasteiger partial charge in [0.05, 0.1) is 23.4 Å². The maximum Gasteiger partial charge on any atom is 0.295 e. The lowest BCUT2D eigenvalue weighted by Crippen LogP contribution is -2.31. The van der Waals surface area contributed by atoms with Gasteiger partial charge in [-0.3, -0.25) is 19.3 Å². The second-order valence-corrected chi connectivity index (χ2v) is 6.32. The van der Waals surface area contributed by atoms with Gasteiger partial charge in [-0.25, -0.2) is 13.8 Å². The molecule has 0 aliphatic carbocycles. The average molecular weight is 369 g/mol. The number of Topliss-reactive ketones (excluding diaryl/α,β-unsaturated/α-hetero) is 2. The Hall–Kier alpha value is -3.42. The number of amides is 1. The number of nitrogens with zero attached hydrogens (tertiary/aromatic N) is 2. The van der Waals surface area contributed by atoms with E-state index in [-0.39, 0.29) is 11.3 Å². The normalized spacial score (nSPS) is 19.9. The first kappa shape index (κ1) is 17.0. The number of nitrogens with one attached hydrogen (secondary N) is 1. The van der Waals surface area contributed by atoms with Crippen LogP contribution >= 0.6 is 0 Å². The van der Waals surface area contributed by atoms with E-state index in [1.165, 1.54) is 18.5 Å². The second kappa shape index (κ2) is 6.08. The van der Waals surface area contributed by atoms with Crippen LogP contribution in [0.3, 0.4) is 0 Å². The molecule has 1 fully saturated rings. The number of H-pyrrole nitrogens is 1. The van der Waals surface area contributed by atoms with Crippen molar-refractivity contribution in [2.45, 2.75) is 13.0 Å². The fraction of sp³-hybridized carbons (Fsp3) is 0.158. The summed E-state index contributed by atoms with van der Waals surface area (Å²) in [6.07, 6.45) is 1.47. The van der Waals surface area contributed by atoms with Crippen LogP contribution in [0.25, 0.3) is 11.0 Å². The molecule has 0 radical (unpaired) electrons. The van der Waals surface area contributed by atoms with Crippen molar-refractivity contribution >= 4 is 34.2 Å². The van der Waals surface area contributed by atoms with Gasteiger partial charge < -0.3 is 4.98 Å². The Morgan fingerprint density at radius 3 is 2.70 bits per heavy atom. The molecule has 1 aromatic heterocycles. The molecule has 2 aromatic carbocycles. The zero-order chi connectivity index (χ0) is 19.3. The minimum absolute atomic E-state index is 0.223. The van der Waals surface area contributed by atoms with Crippen LogP contribution in [0, 0.1) is 17.6 Å². The summed E-state index contributed by atoms with van der Waals surface area (Å²) in [4.78, 5) is 45.2. The highest BCUT2D eigenvalue weighted by atomic mass is 19.2. The van der Waals surface area contributed by atoms with Crippen molar-refractivity contribution in [1.29, 1.82) is 0 Å². The number of imidazole rings is 1. The molecule has 1 amide bonds. The number of hydrogen-bond acceptors (Lipinski definition) is 4. The fourth-order valence-electron chi connectivity index (χ4n) is 3.50. The Balaban J connectivity index is 1.93. The minimum Gasteiger partial charge on any atom is -0.345 e. The van der Waals surface area contributed by atoms with Gasteiger partial charge in [0, 0.05) is 11.3 Å². The van der Waals surface area contributed by atoms with Gasteiger partial charge in [0.1, 0.15) is 11.7 Å². The third-order valence-corrected chi connectivity index (χ3v) is 4.73. The van der Waals surface area contributed by atoms with Crippen LogP contribution in [0.2, 0.25) is 0 Å². The third kappa shape index (κ3) is 2.52. The lowest BCUT2D eigenvalue weighted by atomic mass is 9.89. The van der Waals surface area contributed by atoms with Crippen molar-refractivity contribution in [3.63, 3.8) is 0 Å². The second-order valence-electron chi connectivity index (χ2n) is 6.32. The molecule has 1 aliphatic rings. The van der Waals surface area contributed by atoms with Gasteiger partial charge in [-0.1, -0.05) is 12.1 Å². The molecule has 136 valence electrons. The molecular formula is C19H13F2N3O3. The lowest BCUT2D eigenvalue weighted by molar-refractivity contribution is -0.138. The van der Waals surface area contributed by atoms with Crippen molar-refractivity contribution in [2.75, 3.05) is 4.90 Å². The van der Waals surface area contributed by atoms with Gasteiger partial charge in [0.15, 0.2) is 11.6 Å². The topological polar surface area (TPSA) is 83.1 Å². The van der Waals surface area contributed by atoms with Gasteiger partial charge in [-0.2, -0.15) is 0 Å². The Kier molecular flexibility index (Phi) is 3.83. The van der Waals surface area contributed by atoms with Crippen LogP contribution in [0.5, 0.6) is 0 Å². The number of benzene rings is 2. The van der Waals surface area contributed by atoms with Crippen molar-refractivity contribution in [1.82, 2.24) is 9.97 Å². The van der Waals surface area contributed by atoms with E-state index in [4.69, 9.17) is 0 Å². The van der Waals surface area contributed by atoms with Crippen molar-refractivity contribution < 1.29 is 23.2 Å². The maximum absolute atomic E-state index is 14.5. The summed E-state index contributed by atoms with van der Waals surface area (Å²) in [7, 11) is 0. The van der Waals surface area contributed by atoms with Crippen LogP contribution in [-0.4, -0.2) is 27.4 Å². The molecule has 1 aliphatic heterocycles. The first-order valence-corrected chi connectivity index (χ1v) is 8.15. The van der Waals surface area contributed by atoms with Crippen LogP contribution in [-0.2, 0) is 14.4 Å². The van der Waals surface area contributed by atoms with E-state index in [2.05, 4.69) is 9.97 Å². The van der Waals surface area contributed by atoms with Gasteiger partial charge >= 0.3 is 0 Å². The maximum atomic E-state index is 14.5. The van der Waals surface area contributed by atoms with E-state index < -0.39 is 41.1 Å². The van der Waals surface area contributed by atoms with E-state index in [0.717, 1.165) is 17.9 Å². The predicted molar refractivity (Wildman–Crippen MR) is 91.9 cm³/mol. The number of aromatic nitrogens is 2. The van der Waals surface area contributed by atoms with Crippen LogP contribution in [0.4, 0.5) is 14.5 Å². The summed E-state index contributed by atoms with van der Waals surface area (Å²) in [5.41, 5.74) is 1.28. The summed E-state index contributed by atoms with van der Waals surface area (Å²) >= 11 is 0. The van der Waals surface area contributed by atoms with E-state index in [9.17, 15) is 23.2 Å². The van der Waals surface area contributed by atoms with Crippen LogP contribution < -0.4 is 4.90 Å². The van der Waals surface area contributed by atoms with Crippen molar-refractivity contribution in [3.05, 3.63) is 59.9 Å². The van der Waals surface area contributed by atoms with E-state index >= 15 is 0 Å². The first-order valence-electron chi connectivity index (χ1n) is 8.15. The van der Waals surface area contributed by atoms with Gasteiger partial charge in [-0.15, -0.1) is 0 Å². The molecule has 0 spiro atoms. The molecule has 2 atom stereocenters. The first-order chi connectivity index (χ1) is 12.9. The molecule has 1 saturated heterocycles. The SMILES string of the molecule is CC(=O)C1C(=O)C(=O)N(c2ccc3nc[nH]c3c2)C1c1cccc(F)c1F. The van der Waals surface area contributed by atoms with Gasteiger partial charge in [0.25, 0.3) is 5.91 Å². The monoisotopic (exact) mass is 369 g/mol. The Bertz CT molecular complexity index is 1110. The zero-order valence-corrected chi connectivity index (χ0v) is 14.1. The Morgan fingerprint density at radius 1 is 1.19 bits per heavy atom. The third-order valence-electron chi connectivity index (χ3n) is 4.73. The van der Waals surface area contributed by atoms with Crippen LogP contribution in [0.15, 0.2) is 42.7 Å². The summed E-state index contributed by atoms with van der Waals surface area (Å²) in [5.74, 6) is -6.20. The number of anilines is 1. The largest absolute Gasteiger partial charge is 0.345 e. The molecule has 2 unspecified atom stereocenters. The molecule has 0 bridgehead atoms. The number of halogens is 2. The smallest absolute Gasteiger partial charge is 0.295 e. The highest BCUT2D eigenvalue weighted by molar-refractivity contribution is 6.48. The molecule has 2 heterocycles. The van der Waals surface area contributed by atoms with Gasteiger partial charge in [-0.05, 0) is 31.2 Å². The Labute approximate surface area is 151 Å². The zero-order valence-electron chi connectivity index (χ0n) is 14.1. The number of fused-ring (bicyclic) bond motifs is 1. The predicted octanol–water partition coefficient (Wildman–Crippen LogP) is 2.70. The number of ketones is 2. The number of hydrogen-bond donors (Lipinski definition) is 1. The van der Waals surface area contributed by atoms with Crippen LogP contribution in [0.1, 0.15) is 18.5 Å².